The number of aromatic amines is 1. The molecule has 5 rings (SSSR count). The first-order chi connectivity index (χ1) is 15.7. The first kappa shape index (κ1) is 21.6. The molecule has 6 nitrogen and oxygen atoms in total. The van der Waals surface area contributed by atoms with Crippen LogP contribution in [0, 0.1) is 12.7 Å². The van der Waals surface area contributed by atoms with Crippen LogP contribution in [0.15, 0.2) is 36.5 Å². The minimum Gasteiger partial charge on any atom is -0.479 e. The third kappa shape index (κ3) is 3.42. The van der Waals surface area contributed by atoms with E-state index in [9.17, 15) is 19.4 Å². The predicted molar refractivity (Wildman–Crippen MR) is 126 cm³/mol. The van der Waals surface area contributed by atoms with Crippen LogP contribution in [0.4, 0.5) is 4.39 Å². The van der Waals surface area contributed by atoms with Crippen LogP contribution < -0.4 is 0 Å². The van der Waals surface area contributed by atoms with Gasteiger partial charge in [-0.2, -0.15) is 5.10 Å². The molecule has 1 fully saturated rings. The Kier molecular flexibility index (Phi) is 5.05. The van der Waals surface area contributed by atoms with Gasteiger partial charge in [-0.05, 0) is 85.9 Å². The number of hydrogen-bond donors (Lipinski definition) is 3. The second-order valence-electron chi connectivity index (χ2n) is 9.66. The van der Waals surface area contributed by atoms with Crippen LogP contribution >= 0.6 is 0 Å². The van der Waals surface area contributed by atoms with Crippen molar-refractivity contribution in [3.8, 4) is 5.69 Å². The summed E-state index contributed by atoms with van der Waals surface area (Å²) in [5.41, 5.74) is 4.11. The number of aliphatic carboxylic acids is 1. The van der Waals surface area contributed by atoms with Gasteiger partial charge < -0.3 is 14.8 Å². The zero-order chi connectivity index (χ0) is 23.5. The number of benzene rings is 2. The average Bonchev–Trinajstić information content (AvgIpc) is 3.36. The lowest BCUT2D eigenvalue weighted by molar-refractivity contribution is -0.162. The standard InChI is InChI=1S/C26H28FN3O3/c1-14(2)24-23(16-6-8-26(33,9-7-16)25(31)32)19-12-21-17(13-28-29-21)11-22(19)30(24)18-4-5-20(27)15(3)10-18/h4-5,10-14,16,33H,6-9H2,1-3H3,(H,28,29)(H,31,32)/t16-,26+. The Bertz CT molecular complexity index is 1380. The molecule has 0 unspecified atom stereocenters. The quantitative estimate of drug-likeness (QED) is 0.381. The molecule has 0 radical (unpaired) electrons. The second-order valence-corrected chi connectivity index (χ2v) is 9.66. The molecule has 2 aromatic heterocycles. The molecule has 1 aliphatic rings. The van der Waals surface area contributed by atoms with Gasteiger partial charge >= 0.3 is 5.97 Å². The van der Waals surface area contributed by atoms with Gasteiger partial charge in [0.15, 0.2) is 5.60 Å². The molecule has 0 aliphatic heterocycles. The minimum atomic E-state index is -1.66. The summed E-state index contributed by atoms with van der Waals surface area (Å²) in [6.45, 7) is 6.06. The Morgan fingerprint density at radius 3 is 2.61 bits per heavy atom. The summed E-state index contributed by atoms with van der Waals surface area (Å²) in [5, 5.41) is 29.3. The molecule has 0 saturated heterocycles. The maximum atomic E-state index is 14.1. The van der Waals surface area contributed by atoms with Crippen molar-refractivity contribution < 1.29 is 19.4 Å². The Labute approximate surface area is 191 Å². The zero-order valence-corrected chi connectivity index (χ0v) is 19.0. The highest BCUT2D eigenvalue weighted by molar-refractivity contribution is 5.99. The average molecular weight is 450 g/mol. The van der Waals surface area contributed by atoms with Crippen molar-refractivity contribution in [3.05, 3.63) is 59.2 Å². The molecule has 0 atom stereocenters. The maximum absolute atomic E-state index is 14.1. The second kappa shape index (κ2) is 7.70. The van der Waals surface area contributed by atoms with Gasteiger partial charge in [0.1, 0.15) is 5.82 Å². The zero-order valence-electron chi connectivity index (χ0n) is 19.0. The molecule has 2 heterocycles. The number of rotatable bonds is 4. The van der Waals surface area contributed by atoms with E-state index < -0.39 is 11.6 Å². The van der Waals surface area contributed by atoms with Gasteiger partial charge in [-0.1, -0.05) is 13.8 Å². The molecule has 0 amide bonds. The lowest BCUT2D eigenvalue weighted by atomic mass is 9.74. The summed E-state index contributed by atoms with van der Waals surface area (Å²) < 4.78 is 16.3. The summed E-state index contributed by atoms with van der Waals surface area (Å²) in [6.07, 6.45) is 3.42. The monoisotopic (exact) mass is 449 g/mol. The number of nitrogens with zero attached hydrogens (tertiary/aromatic N) is 2. The lowest BCUT2D eigenvalue weighted by Gasteiger charge is -2.33. The van der Waals surface area contributed by atoms with Crippen molar-refractivity contribution >= 4 is 27.8 Å². The lowest BCUT2D eigenvalue weighted by Crippen LogP contribution is -2.41. The molecule has 1 aliphatic carbocycles. The molecular formula is C26H28FN3O3. The SMILES string of the molecule is Cc1cc(-n2c(C(C)C)c([C@H]3CC[C@](O)(C(=O)O)CC3)c3cc4[nH]ncc4cc32)ccc1F. The van der Waals surface area contributed by atoms with Gasteiger partial charge in [0, 0.05) is 22.2 Å². The van der Waals surface area contributed by atoms with Crippen molar-refractivity contribution in [2.75, 3.05) is 0 Å². The maximum Gasteiger partial charge on any atom is 0.335 e. The molecule has 172 valence electrons. The highest BCUT2D eigenvalue weighted by Crippen LogP contribution is 2.46. The Balaban J connectivity index is 1.77. The summed E-state index contributed by atoms with van der Waals surface area (Å²) in [5.74, 6) is -1.09. The van der Waals surface area contributed by atoms with E-state index in [0.29, 0.717) is 18.4 Å². The Morgan fingerprint density at radius 2 is 1.97 bits per heavy atom. The van der Waals surface area contributed by atoms with Crippen LogP contribution in [0.3, 0.4) is 0 Å². The van der Waals surface area contributed by atoms with Crippen LogP contribution in [0.2, 0.25) is 0 Å². The largest absolute Gasteiger partial charge is 0.479 e. The van der Waals surface area contributed by atoms with E-state index in [1.165, 1.54) is 11.6 Å². The van der Waals surface area contributed by atoms with Crippen LogP contribution in [0.1, 0.15) is 68.2 Å². The number of aromatic nitrogens is 3. The van der Waals surface area contributed by atoms with E-state index in [-0.39, 0.29) is 30.5 Å². The van der Waals surface area contributed by atoms with Gasteiger partial charge in [0.2, 0.25) is 0 Å². The number of H-pyrrole nitrogens is 1. The van der Waals surface area contributed by atoms with Gasteiger partial charge in [-0.15, -0.1) is 0 Å². The summed E-state index contributed by atoms with van der Waals surface area (Å²) >= 11 is 0. The molecule has 0 spiro atoms. The smallest absolute Gasteiger partial charge is 0.335 e. The van der Waals surface area contributed by atoms with Crippen molar-refractivity contribution in [1.29, 1.82) is 0 Å². The third-order valence-electron chi connectivity index (χ3n) is 7.17. The molecule has 33 heavy (non-hydrogen) atoms. The minimum absolute atomic E-state index is 0.118. The van der Waals surface area contributed by atoms with Gasteiger partial charge in [-0.25, -0.2) is 9.18 Å². The third-order valence-corrected chi connectivity index (χ3v) is 7.17. The number of aliphatic hydroxyl groups is 1. The normalized spacial score (nSPS) is 21.3. The number of carboxylic acids is 1. The molecule has 0 bridgehead atoms. The number of carboxylic acid groups (broad SMARTS) is 1. The van der Waals surface area contributed by atoms with Gasteiger partial charge in [-0.3, -0.25) is 5.10 Å². The molecular weight excluding hydrogens is 421 g/mol. The van der Waals surface area contributed by atoms with Crippen LogP contribution in [-0.4, -0.2) is 36.5 Å². The molecule has 3 N–H and O–H groups in total. The first-order valence-electron chi connectivity index (χ1n) is 11.4. The molecule has 2 aromatic carbocycles. The number of hydrogen-bond acceptors (Lipinski definition) is 3. The summed E-state index contributed by atoms with van der Waals surface area (Å²) in [6, 6.07) is 9.40. The fourth-order valence-electron chi connectivity index (χ4n) is 5.41. The molecule has 7 heteroatoms. The topological polar surface area (TPSA) is 91.1 Å². The van der Waals surface area contributed by atoms with E-state index in [0.717, 1.165) is 33.2 Å². The fourth-order valence-corrected chi connectivity index (χ4v) is 5.41. The van der Waals surface area contributed by atoms with Crippen molar-refractivity contribution in [1.82, 2.24) is 14.8 Å². The highest BCUT2D eigenvalue weighted by atomic mass is 19.1. The predicted octanol–water partition coefficient (Wildman–Crippen LogP) is 5.55. The van der Waals surface area contributed by atoms with Crippen molar-refractivity contribution in [2.24, 2.45) is 0 Å². The summed E-state index contributed by atoms with van der Waals surface area (Å²) in [7, 11) is 0. The molecule has 4 aromatic rings. The van der Waals surface area contributed by atoms with Crippen molar-refractivity contribution in [2.45, 2.75) is 63.9 Å². The van der Waals surface area contributed by atoms with E-state index in [4.69, 9.17) is 0 Å². The number of fused-ring (bicyclic) bond motifs is 2. The van der Waals surface area contributed by atoms with Gasteiger partial charge in [0.25, 0.3) is 0 Å². The Hall–Kier alpha value is -3.19. The van der Waals surface area contributed by atoms with E-state index in [1.54, 1.807) is 19.2 Å². The first-order valence-corrected chi connectivity index (χ1v) is 11.4. The van der Waals surface area contributed by atoms with Crippen LogP contribution in [0.25, 0.3) is 27.5 Å². The molecule has 1 saturated carbocycles. The number of carbonyl (C=O) groups is 1. The van der Waals surface area contributed by atoms with E-state index in [1.807, 2.05) is 6.07 Å². The van der Waals surface area contributed by atoms with Gasteiger partial charge in [0.05, 0.1) is 17.2 Å². The number of aryl methyl sites for hydroxylation is 1. The van der Waals surface area contributed by atoms with E-state index in [2.05, 4.69) is 40.7 Å². The highest BCUT2D eigenvalue weighted by Gasteiger charge is 2.41. The fraction of sp³-hybridized carbons (Fsp3) is 0.385. The number of nitrogens with one attached hydrogen (secondary N) is 1. The number of halogens is 1. The summed E-state index contributed by atoms with van der Waals surface area (Å²) in [4.78, 5) is 11.6. The van der Waals surface area contributed by atoms with E-state index >= 15 is 0 Å². The van der Waals surface area contributed by atoms with Crippen molar-refractivity contribution in [3.63, 3.8) is 0 Å². The Morgan fingerprint density at radius 1 is 1.24 bits per heavy atom. The van der Waals surface area contributed by atoms with Crippen LogP contribution in [-0.2, 0) is 4.79 Å². The van der Waals surface area contributed by atoms with Crippen LogP contribution in [0.5, 0.6) is 0 Å².